The number of ether oxygens (including phenoxy) is 4. The van der Waals surface area contributed by atoms with Crippen molar-refractivity contribution in [1.82, 2.24) is 15.6 Å². The van der Waals surface area contributed by atoms with Crippen LogP contribution < -0.4 is 36.0 Å². The second kappa shape index (κ2) is 15.5. The van der Waals surface area contributed by atoms with E-state index >= 15 is 0 Å². The molecular formula is C38H40N4O13. The molecule has 2 fully saturated rings. The van der Waals surface area contributed by atoms with Crippen LogP contribution >= 0.6 is 0 Å². The highest BCUT2D eigenvalue weighted by molar-refractivity contribution is 5.89. The third-order valence-electron chi connectivity index (χ3n) is 9.54. The van der Waals surface area contributed by atoms with Crippen molar-refractivity contribution >= 4 is 22.8 Å². The zero-order chi connectivity index (χ0) is 38.9. The van der Waals surface area contributed by atoms with Crippen LogP contribution in [0.25, 0.3) is 22.3 Å². The molecule has 2 aliphatic rings. The van der Waals surface area contributed by atoms with Gasteiger partial charge in [-0.15, -0.1) is 0 Å². The second-order valence-corrected chi connectivity index (χ2v) is 13.4. The summed E-state index contributed by atoms with van der Waals surface area (Å²) in [6.45, 7) is 0.880. The predicted molar refractivity (Wildman–Crippen MR) is 195 cm³/mol. The maximum atomic E-state index is 13.6. The number of rotatable bonds is 13. The van der Waals surface area contributed by atoms with Gasteiger partial charge in [-0.1, -0.05) is 12.1 Å². The molecule has 4 heterocycles. The summed E-state index contributed by atoms with van der Waals surface area (Å²) in [5.41, 5.74) is 4.33. The van der Waals surface area contributed by atoms with Crippen molar-refractivity contribution in [3.05, 3.63) is 94.3 Å². The summed E-state index contributed by atoms with van der Waals surface area (Å²) in [6.07, 6.45) is -7.76. The average Bonchev–Trinajstić information content (AvgIpc) is 3.82. The van der Waals surface area contributed by atoms with Crippen LogP contribution in [0.15, 0.2) is 82.0 Å². The number of H-pyrrole nitrogens is 1. The Bertz CT molecular complexity index is 2220. The lowest BCUT2D eigenvalue weighted by Crippen LogP contribution is -2.70. The molecule has 0 bridgehead atoms. The van der Waals surface area contributed by atoms with Gasteiger partial charge in [0.15, 0.2) is 23.0 Å². The average molecular weight is 761 g/mol. The summed E-state index contributed by atoms with van der Waals surface area (Å²) in [5.74, 6) is -1.96. The Hall–Kier alpha value is -5.82. The molecule has 55 heavy (non-hydrogen) atoms. The third-order valence-corrected chi connectivity index (χ3v) is 9.54. The van der Waals surface area contributed by atoms with Gasteiger partial charge in [-0.25, -0.2) is 4.79 Å². The Kier molecular flexibility index (Phi) is 10.6. The number of benzene rings is 3. The molecule has 7 rings (SSSR count). The number of nitrogen functional groups attached to an aromatic ring is 1. The number of carbonyl (C=O) groups is 1. The zero-order valence-electron chi connectivity index (χ0n) is 29.2. The van der Waals surface area contributed by atoms with E-state index in [-0.39, 0.29) is 41.3 Å². The van der Waals surface area contributed by atoms with Crippen LogP contribution in [0, 0.1) is 0 Å². The first-order valence-electron chi connectivity index (χ1n) is 17.4. The first kappa shape index (κ1) is 37.5. The molecular weight excluding hydrogens is 720 g/mol. The number of aliphatic hydroxyl groups excluding tert-OH is 2. The number of hydrogen-bond acceptors (Lipinski definition) is 15. The van der Waals surface area contributed by atoms with Crippen LogP contribution in [0.3, 0.4) is 0 Å². The van der Waals surface area contributed by atoms with E-state index in [2.05, 4.69) is 15.6 Å². The van der Waals surface area contributed by atoms with Gasteiger partial charge in [0, 0.05) is 49.1 Å². The molecule has 0 radical (unpaired) electrons. The van der Waals surface area contributed by atoms with Crippen LogP contribution in [0.4, 0.5) is 5.82 Å². The molecule has 17 nitrogen and oxygen atoms in total. The van der Waals surface area contributed by atoms with Crippen molar-refractivity contribution in [3.8, 4) is 40.1 Å². The number of carboxylic acid groups (broad SMARTS) is 1. The van der Waals surface area contributed by atoms with E-state index in [9.17, 15) is 40.2 Å². The Morgan fingerprint density at radius 2 is 1.82 bits per heavy atom. The van der Waals surface area contributed by atoms with Gasteiger partial charge >= 0.3 is 5.97 Å². The molecule has 0 saturated carbocycles. The molecule has 290 valence electrons. The highest BCUT2D eigenvalue weighted by Gasteiger charge is 2.59. The number of nitrogens with two attached hydrogens (primary N) is 1. The van der Waals surface area contributed by atoms with E-state index < -0.39 is 59.1 Å². The number of phenols is 2. The van der Waals surface area contributed by atoms with E-state index in [4.69, 9.17) is 29.1 Å². The summed E-state index contributed by atoms with van der Waals surface area (Å²) in [5, 5.41) is 71.1. The minimum atomic E-state index is -2.44. The number of aromatic amines is 1. The first-order chi connectivity index (χ1) is 26.4. The van der Waals surface area contributed by atoms with Gasteiger partial charge in [0.2, 0.25) is 12.0 Å². The zero-order valence-corrected chi connectivity index (χ0v) is 29.2. The topological polar surface area (TPSA) is 271 Å². The van der Waals surface area contributed by atoms with E-state index in [1.165, 1.54) is 24.3 Å². The van der Waals surface area contributed by atoms with Crippen molar-refractivity contribution in [2.45, 2.75) is 55.7 Å². The molecule has 0 spiro atoms. The molecule has 2 aromatic heterocycles. The van der Waals surface area contributed by atoms with Crippen molar-refractivity contribution in [2.75, 3.05) is 25.6 Å². The maximum Gasteiger partial charge on any atom is 0.336 e. The fourth-order valence-electron chi connectivity index (χ4n) is 6.76. The lowest BCUT2D eigenvalue weighted by Gasteiger charge is -2.47. The fraction of sp³-hybridized carbons (Fsp3) is 0.316. The van der Waals surface area contributed by atoms with Crippen molar-refractivity contribution < 1.29 is 58.8 Å². The highest BCUT2D eigenvalue weighted by atomic mass is 16.7. The summed E-state index contributed by atoms with van der Waals surface area (Å²) < 4.78 is 29.4. The number of carboxylic acids is 1. The van der Waals surface area contributed by atoms with Crippen molar-refractivity contribution in [1.29, 1.82) is 0 Å². The normalized spacial score (nSPS) is 23.8. The summed E-state index contributed by atoms with van der Waals surface area (Å²) >= 11 is 0. The number of aliphatic carboxylic acids is 1. The van der Waals surface area contributed by atoms with E-state index in [0.717, 1.165) is 5.69 Å². The van der Waals surface area contributed by atoms with Gasteiger partial charge < -0.3 is 75.4 Å². The fourth-order valence-corrected chi connectivity index (χ4v) is 6.76. The minimum Gasteiger partial charge on any atom is -0.508 e. The minimum absolute atomic E-state index is 0.0567. The van der Waals surface area contributed by atoms with Crippen molar-refractivity contribution in [3.63, 3.8) is 0 Å². The van der Waals surface area contributed by atoms with E-state index in [1.807, 2.05) is 6.07 Å². The molecule has 0 aliphatic carbocycles. The van der Waals surface area contributed by atoms with Gasteiger partial charge in [0.25, 0.3) is 0 Å². The molecule has 5 aromatic rings. The Labute approximate surface area is 312 Å². The van der Waals surface area contributed by atoms with Crippen LogP contribution in [-0.2, 0) is 22.6 Å². The number of nitrogens with one attached hydrogen (secondary N) is 3. The maximum absolute atomic E-state index is 13.6. The van der Waals surface area contributed by atoms with Gasteiger partial charge in [0.1, 0.15) is 58.5 Å². The Morgan fingerprint density at radius 1 is 1.02 bits per heavy atom. The van der Waals surface area contributed by atoms with Crippen LogP contribution in [0.1, 0.15) is 17.7 Å². The molecule has 2 saturated heterocycles. The lowest BCUT2D eigenvalue weighted by atomic mass is 9.79. The molecule has 2 aliphatic heterocycles. The van der Waals surface area contributed by atoms with Gasteiger partial charge in [-0.2, -0.15) is 0 Å². The molecule has 0 unspecified atom stereocenters. The van der Waals surface area contributed by atoms with Gasteiger partial charge in [0.05, 0.1) is 6.61 Å². The summed E-state index contributed by atoms with van der Waals surface area (Å²) in [6, 6.07) is 18.4. The molecule has 11 N–H and O–H groups in total. The van der Waals surface area contributed by atoms with Crippen LogP contribution in [-0.4, -0.2) is 97.7 Å². The standard InChI is InChI=1S/C38H40N4O13/c39-29-9-6-21(42-29)10-11-51-24-7-4-20(5-8-24)26-13-25(44)30-27(53-26)14-28(33(31(30)45)52-17-19-2-1-3-23(43)12-19)54-37-32(46)34(47)38(50,35(55-37)36(48)49)15-22-16-40-18-41-22/h1-9,12-14,22,32,34-35,37,40-43,45-47,50H,10-11,15-18,39H2,(H,48,49)/t22-,32-,34+,35-,37-,38+/m1/s1. The van der Waals surface area contributed by atoms with E-state index in [0.29, 0.717) is 48.9 Å². The number of phenolic OH excluding ortho intramolecular Hbond substituents is 2. The molecule has 0 amide bonds. The monoisotopic (exact) mass is 760 g/mol. The lowest BCUT2D eigenvalue weighted by molar-refractivity contribution is -0.307. The molecule has 6 atom stereocenters. The van der Waals surface area contributed by atoms with E-state index in [1.54, 1.807) is 42.5 Å². The number of aliphatic hydroxyl groups is 3. The highest BCUT2D eigenvalue weighted by Crippen LogP contribution is 2.45. The second-order valence-electron chi connectivity index (χ2n) is 13.4. The molecule has 3 aromatic carbocycles. The largest absolute Gasteiger partial charge is 0.508 e. The number of fused-ring (bicyclic) bond motifs is 1. The Morgan fingerprint density at radius 3 is 2.51 bits per heavy atom. The quantitative estimate of drug-likeness (QED) is 0.0815. The third kappa shape index (κ3) is 7.88. The van der Waals surface area contributed by atoms with Gasteiger partial charge in [-0.05, 0) is 60.5 Å². The van der Waals surface area contributed by atoms with Crippen molar-refractivity contribution in [2.24, 2.45) is 0 Å². The first-order valence-corrected chi connectivity index (χ1v) is 17.4. The number of aromatic nitrogens is 1. The van der Waals surface area contributed by atoms with Crippen LogP contribution in [0.5, 0.6) is 28.7 Å². The summed E-state index contributed by atoms with van der Waals surface area (Å²) in [4.78, 5) is 29.0. The SMILES string of the molecule is Nc1ccc(CCOc2ccc(-c3cc(=O)c4c(O)c(OCc5cccc(O)c5)c(O[C@@H]5O[C@H](C(=O)O)[C@](O)(C[C@@H]6CNCN6)[C@@H](O)[C@H]5O)cc4o3)cc2)[nH]1. The van der Waals surface area contributed by atoms with Gasteiger partial charge in [-0.3, -0.25) is 4.79 Å². The number of aromatic hydroxyl groups is 2. The number of anilines is 1. The van der Waals surface area contributed by atoms with Crippen LogP contribution in [0.2, 0.25) is 0 Å². The Balaban J connectivity index is 1.20. The molecule has 17 heteroatoms. The number of hydrogen-bond donors (Lipinski definition) is 10. The smallest absolute Gasteiger partial charge is 0.336 e. The predicted octanol–water partition coefficient (Wildman–Crippen LogP) is 1.53. The summed E-state index contributed by atoms with van der Waals surface area (Å²) in [7, 11) is 0.